The molecule has 5 heteroatoms. The maximum atomic E-state index is 10.5. The first kappa shape index (κ1) is 9.39. The molecule has 1 aromatic carbocycles. The number of benzene rings is 1. The van der Waals surface area contributed by atoms with E-state index in [2.05, 4.69) is 10.1 Å². The highest BCUT2D eigenvalue weighted by Crippen LogP contribution is 2.01. The summed E-state index contributed by atoms with van der Waals surface area (Å²) in [6.07, 6.45) is 1.41. The Hall–Kier alpha value is -2.17. The average molecular weight is 203 g/mol. The number of carbonyl (C=O) groups is 1. The summed E-state index contributed by atoms with van der Waals surface area (Å²) in [4.78, 5) is 14.2. The van der Waals surface area contributed by atoms with E-state index in [1.54, 1.807) is 0 Å². The summed E-state index contributed by atoms with van der Waals surface area (Å²) in [6.45, 7) is 0.529. The first-order chi connectivity index (χ1) is 7.25. The molecule has 2 rings (SSSR count). The fourth-order valence-corrected chi connectivity index (χ4v) is 1.24. The Morgan fingerprint density at radius 2 is 2.07 bits per heavy atom. The molecule has 0 bridgehead atoms. The number of rotatable bonds is 3. The second-order valence-corrected chi connectivity index (χ2v) is 3.06. The second-order valence-electron chi connectivity index (χ2n) is 3.06. The molecular formula is C10H9N3O2. The monoisotopic (exact) mass is 203 g/mol. The lowest BCUT2D eigenvalue weighted by atomic mass is 10.2. The van der Waals surface area contributed by atoms with Gasteiger partial charge in [-0.3, -0.25) is 0 Å². The predicted octanol–water partition coefficient (Wildman–Crippen LogP) is 1.02. The Kier molecular flexibility index (Phi) is 2.45. The van der Waals surface area contributed by atoms with Crippen molar-refractivity contribution in [3.8, 4) is 0 Å². The molecule has 15 heavy (non-hydrogen) atoms. The van der Waals surface area contributed by atoms with E-state index in [0.717, 1.165) is 5.56 Å². The maximum Gasteiger partial charge on any atom is 0.375 e. The van der Waals surface area contributed by atoms with Gasteiger partial charge < -0.3 is 5.11 Å². The van der Waals surface area contributed by atoms with E-state index in [0.29, 0.717) is 6.54 Å². The number of hydrogen-bond donors (Lipinski definition) is 1. The summed E-state index contributed by atoms with van der Waals surface area (Å²) in [5.41, 5.74) is 1.05. The second kappa shape index (κ2) is 3.91. The van der Waals surface area contributed by atoms with Crippen molar-refractivity contribution in [1.82, 2.24) is 14.8 Å². The van der Waals surface area contributed by atoms with Crippen LogP contribution < -0.4 is 0 Å². The van der Waals surface area contributed by atoms with Crippen LogP contribution in [0.3, 0.4) is 0 Å². The fraction of sp³-hybridized carbons (Fsp3) is 0.100. The maximum absolute atomic E-state index is 10.5. The number of aromatic nitrogens is 3. The van der Waals surface area contributed by atoms with Crippen LogP contribution in [0, 0.1) is 0 Å². The van der Waals surface area contributed by atoms with Gasteiger partial charge >= 0.3 is 5.97 Å². The van der Waals surface area contributed by atoms with Gasteiger partial charge in [0.1, 0.15) is 6.33 Å². The molecule has 0 unspecified atom stereocenters. The highest BCUT2D eigenvalue weighted by atomic mass is 16.4. The van der Waals surface area contributed by atoms with Gasteiger partial charge in [0.2, 0.25) is 0 Å². The highest BCUT2D eigenvalue weighted by molar-refractivity contribution is 5.82. The molecule has 0 atom stereocenters. The summed E-state index contributed by atoms with van der Waals surface area (Å²) in [5, 5.41) is 12.4. The molecule has 0 saturated heterocycles. The van der Waals surface area contributed by atoms with E-state index in [1.165, 1.54) is 11.0 Å². The van der Waals surface area contributed by atoms with Gasteiger partial charge in [-0.15, -0.1) is 5.10 Å². The Morgan fingerprint density at radius 3 is 2.67 bits per heavy atom. The van der Waals surface area contributed by atoms with Crippen molar-refractivity contribution in [3.63, 3.8) is 0 Å². The molecular weight excluding hydrogens is 194 g/mol. The number of aromatic carboxylic acids is 1. The molecule has 0 saturated carbocycles. The van der Waals surface area contributed by atoms with Gasteiger partial charge in [-0.1, -0.05) is 30.3 Å². The third-order valence-corrected chi connectivity index (χ3v) is 1.92. The van der Waals surface area contributed by atoms with E-state index in [4.69, 9.17) is 5.11 Å². The Labute approximate surface area is 86.0 Å². The van der Waals surface area contributed by atoms with Crippen LogP contribution in [0.4, 0.5) is 0 Å². The molecule has 0 spiro atoms. The van der Waals surface area contributed by atoms with Crippen molar-refractivity contribution in [2.24, 2.45) is 0 Å². The molecule has 5 nitrogen and oxygen atoms in total. The summed E-state index contributed by atoms with van der Waals surface area (Å²) in [5.74, 6) is -1.28. The number of carboxylic acid groups (broad SMARTS) is 1. The molecule has 1 aromatic heterocycles. The molecule has 2 aromatic rings. The molecule has 1 N–H and O–H groups in total. The van der Waals surface area contributed by atoms with Crippen LogP contribution in [0.25, 0.3) is 0 Å². The first-order valence-electron chi connectivity index (χ1n) is 4.42. The minimum atomic E-state index is -1.11. The number of carboxylic acids is 1. The van der Waals surface area contributed by atoms with Gasteiger partial charge in [0, 0.05) is 0 Å². The van der Waals surface area contributed by atoms with Crippen molar-refractivity contribution >= 4 is 5.97 Å². The van der Waals surface area contributed by atoms with Gasteiger partial charge in [0.05, 0.1) is 6.54 Å². The third kappa shape index (κ3) is 2.19. The van der Waals surface area contributed by atoms with E-state index < -0.39 is 5.97 Å². The lowest BCUT2D eigenvalue weighted by molar-refractivity contribution is 0.0683. The zero-order valence-corrected chi connectivity index (χ0v) is 7.87. The lowest BCUT2D eigenvalue weighted by Crippen LogP contribution is -2.04. The van der Waals surface area contributed by atoms with Crippen molar-refractivity contribution < 1.29 is 9.90 Å². The Bertz CT molecular complexity index is 465. The number of nitrogens with zero attached hydrogens (tertiary/aromatic N) is 3. The van der Waals surface area contributed by atoms with E-state index >= 15 is 0 Å². The zero-order valence-electron chi connectivity index (χ0n) is 7.87. The Balaban J connectivity index is 2.15. The van der Waals surface area contributed by atoms with Crippen LogP contribution >= 0.6 is 0 Å². The topological polar surface area (TPSA) is 68.0 Å². The van der Waals surface area contributed by atoms with Gasteiger partial charge in [0.15, 0.2) is 0 Å². The van der Waals surface area contributed by atoms with Crippen LogP contribution in [0.5, 0.6) is 0 Å². The third-order valence-electron chi connectivity index (χ3n) is 1.92. The van der Waals surface area contributed by atoms with Crippen LogP contribution in [0.1, 0.15) is 16.2 Å². The highest BCUT2D eigenvalue weighted by Gasteiger charge is 2.08. The molecule has 0 radical (unpaired) electrons. The van der Waals surface area contributed by atoms with Crippen LogP contribution in [-0.4, -0.2) is 25.8 Å². The molecule has 0 aliphatic rings. The summed E-state index contributed by atoms with van der Waals surface area (Å²) in [6, 6.07) is 9.66. The van der Waals surface area contributed by atoms with Crippen molar-refractivity contribution in [2.45, 2.75) is 6.54 Å². The van der Waals surface area contributed by atoms with Crippen molar-refractivity contribution in [1.29, 1.82) is 0 Å². The predicted molar refractivity (Wildman–Crippen MR) is 52.5 cm³/mol. The number of hydrogen-bond acceptors (Lipinski definition) is 3. The SMILES string of the molecule is O=C(O)c1ncn(Cc2ccccc2)n1. The largest absolute Gasteiger partial charge is 0.475 e. The molecule has 0 fully saturated rings. The molecule has 0 aliphatic carbocycles. The van der Waals surface area contributed by atoms with Crippen molar-refractivity contribution in [3.05, 3.63) is 48.0 Å². The summed E-state index contributed by atoms with van der Waals surface area (Å²) in [7, 11) is 0. The van der Waals surface area contributed by atoms with E-state index in [1.807, 2.05) is 30.3 Å². The minimum Gasteiger partial charge on any atom is -0.475 e. The van der Waals surface area contributed by atoms with E-state index in [9.17, 15) is 4.79 Å². The van der Waals surface area contributed by atoms with Gasteiger partial charge in [-0.2, -0.15) is 0 Å². The van der Waals surface area contributed by atoms with E-state index in [-0.39, 0.29) is 5.82 Å². The smallest absolute Gasteiger partial charge is 0.375 e. The summed E-state index contributed by atoms with van der Waals surface area (Å²) < 4.78 is 1.50. The van der Waals surface area contributed by atoms with Crippen LogP contribution in [-0.2, 0) is 6.54 Å². The average Bonchev–Trinajstić information content (AvgIpc) is 2.68. The molecule has 0 aliphatic heterocycles. The van der Waals surface area contributed by atoms with Crippen LogP contribution in [0.15, 0.2) is 36.7 Å². The van der Waals surface area contributed by atoms with Gasteiger partial charge in [-0.25, -0.2) is 14.5 Å². The van der Waals surface area contributed by atoms with Gasteiger partial charge in [0.25, 0.3) is 5.82 Å². The lowest BCUT2D eigenvalue weighted by Gasteiger charge is -1.99. The fourth-order valence-electron chi connectivity index (χ4n) is 1.24. The molecule has 1 heterocycles. The van der Waals surface area contributed by atoms with Crippen molar-refractivity contribution in [2.75, 3.05) is 0 Å². The molecule has 0 amide bonds. The Morgan fingerprint density at radius 1 is 1.33 bits per heavy atom. The summed E-state index contributed by atoms with van der Waals surface area (Å²) >= 11 is 0. The van der Waals surface area contributed by atoms with Crippen LogP contribution in [0.2, 0.25) is 0 Å². The minimum absolute atomic E-state index is 0.175. The quantitative estimate of drug-likeness (QED) is 0.808. The molecule has 76 valence electrons. The standard InChI is InChI=1S/C10H9N3O2/c14-10(15)9-11-7-13(12-9)6-8-4-2-1-3-5-8/h1-5,7H,6H2,(H,14,15). The normalized spacial score (nSPS) is 10.1. The van der Waals surface area contributed by atoms with Gasteiger partial charge in [-0.05, 0) is 5.56 Å². The first-order valence-corrected chi connectivity index (χ1v) is 4.42. The zero-order chi connectivity index (χ0) is 10.7.